The number of rotatable bonds is 6. The van der Waals surface area contributed by atoms with Gasteiger partial charge in [-0.05, 0) is 63.4 Å². The van der Waals surface area contributed by atoms with Crippen molar-refractivity contribution in [3.05, 3.63) is 24.3 Å². The lowest BCUT2D eigenvalue weighted by atomic mass is 10.2. The largest absolute Gasteiger partial charge is 0.325 e. The number of carbonyl (C=O) groups excluding carboxylic acids is 2. The van der Waals surface area contributed by atoms with Gasteiger partial charge < -0.3 is 10.6 Å². The van der Waals surface area contributed by atoms with Crippen LogP contribution in [0, 0.1) is 0 Å². The van der Waals surface area contributed by atoms with E-state index in [2.05, 4.69) is 15.5 Å². The van der Waals surface area contributed by atoms with Crippen molar-refractivity contribution in [3.8, 4) is 0 Å². The summed E-state index contributed by atoms with van der Waals surface area (Å²) in [4.78, 5) is 26.2. The number of nitrogens with zero attached hydrogens (tertiary/aromatic N) is 1. The highest BCUT2D eigenvalue weighted by molar-refractivity contribution is 7.99. The zero-order valence-corrected chi connectivity index (χ0v) is 15.3. The second-order valence-corrected chi connectivity index (χ2v) is 7.36. The van der Waals surface area contributed by atoms with Crippen LogP contribution in [0.15, 0.2) is 24.3 Å². The fraction of sp³-hybridized carbons (Fsp3) is 0.556. The van der Waals surface area contributed by atoms with E-state index >= 15 is 0 Å². The lowest BCUT2D eigenvalue weighted by molar-refractivity contribution is -0.117. The highest BCUT2D eigenvalue weighted by Gasteiger charge is 2.13. The Labute approximate surface area is 148 Å². The van der Waals surface area contributed by atoms with E-state index in [4.69, 9.17) is 0 Å². The van der Waals surface area contributed by atoms with Gasteiger partial charge in [0.05, 0.1) is 11.8 Å². The molecule has 1 aliphatic heterocycles. The van der Waals surface area contributed by atoms with Gasteiger partial charge in [-0.1, -0.05) is 12.8 Å². The number of likely N-dealkylation sites (tertiary alicyclic amines) is 1. The van der Waals surface area contributed by atoms with Crippen LogP contribution in [-0.4, -0.2) is 47.9 Å². The van der Waals surface area contributed by atoms with E-state index in [0.29, 0.717) is 6.54 Å². The normalized spacial score (nSPS) is 16.9. The monoisotopic (exact) mass is 349 g/mol. The van der Waals surface area contributed by atoms with Gasteiger partial charge in [-0.25, -0.2) is 0 Å². The molecule has 132 valence electrons. The number of anilines is 2. The van der Waals surface area contributed by atoms with Crippen LogP contribution in [0.5, 0.6) is 0 Å². The van der Waals surface area contributed by atoms with Crippen molar-refractivity contribution in [2.24, 2.45) is 0 Å². The topological polar surface area (TPSA) is 61.4 Å². The van der Waals surface area contributed by atoms with Crippen LogP contribution in [0.25, 0.3) is 0 Å². The Kier molecular flexibility index (Phi) is 7.59. The number of hydrogen-bond acceptors (Lipinski definition) is 4. The standard InChI is InChI=1S/C18H27N3O2S/c1-14(24-2)18(23)20-16-9-7-15(8-10-16)19-17(22)13-21-11-5-3-4-6-12-21/h7-10,14H,3-6,11-13H2,1-2H3,(H,19,22)(H,20,23)/t14-/m0/s1. The number of benzene rings is 1. The summed E-state index contributed by atoms with van der Waals surface area (Å²) in [5, 5.41) is 5.71. The highest BCUT2D eigenvalue weighted by Crippen LogP contribution is 2.16. The average molecular weight is 350 g/mol. The van der Waals surface area contributed by atoms with Gasteiger partial charge in [-0.15, -0.1) is 0 Å². The molecule has 1 aromatic carbocycles. The molecule has 0 aromatic heterocycles. The van der Waals surface area contributed by atoms with Crippen LogP contribution in [0.1, 0.15) is 32.6 Å². The molecule has 5 nitrogen and oxygen atoms in total. The van der Waals surface area contributed by atoms with Crippen LogP contribution >= 0.6 is 11.8 Å². The van der Waals surface area contributed by atoms with E-state index in [1.54, 1.807) is 0 Å². The molecular weight excluding hydrogens is 322 g/mol. The third kappa shape index (κ3) is 6.17. The van der Waals surface area contributed by atoms with Crippen LogP contribution < -0.4 is 10.6 Å². The molecule has 6 heteroatoms. The molecule has 1 saturated heterocycles. The molecule has 2 rings (SSSR count). The van der Waals surface area contributed by atoms with E-state index in [1.807, 2.05) is 37.4 Å². The first-order chi connectivity index (χ1) is 11.6. The quantitative estimate of drug-likeness (QED) is 0.828. The van der Waals surface area contributed by atoms with Crippen molar-refractivity contribution < 1.29 is 9.59 Å². The van der Waals surface area contributed by atoms with E-state index in [0.717, 1.165) is 24.5 Å². The Hall–Kier alpha value is -1.53. The van der Waals surface area contributed by atoms with Crippen molar-refractivity contribution >= 4 is 35.0 Å². The molecule has 0 aliphatic carbocycles. The third-order valence-electron chi connectivity index (χ3n) is 4.22. The molecule has 24 heavy (non-hydrogen) atoms. The van der Waals surface area contributed by atoms with Gasteiger partial charge in [0.25, 0.3) is 0 Å². The van der Waals surface area contributed by atoms with Gasteiger partial charge in [-0.2, -0.15) is 11.8 Å². The predicted molar refractivity (Wildman–Crippen MR) is 102 cm³/mol. The predicted octanol–water partition coefficient (Wildman–Crippen LogP) is 3.19. The number of hydrogen-bond donors (Lipinski definition) is 2. The second-order valence-electron chi connectivity index (χ2n) is 6.18. The van der Waals surface area contributed by atoms with Gasteiger partial charge in [0.15, 0.2) is 0 Å². The minimum absolute atomic E-state index is 0.0135. The van der Waals surface area contributed by atoms with Crippen molar-refractivity contribution in [1.82, 2.24) is 4.90 Å². The molecular formula is C18H27N3O2S. The Bertz CT molecular complexity index is 540. The minimum atomic E-state index is -0.0852. The van der Waals surface area contributed by atoms with Crippen LogP contribution in [0.2, 0.25) is 0 Å². The SMILES string of the molecule is CS[C@@H](C)C(=O)Nc1ccc(NC(=O)CN2CCCCCC2)cc1. The average Bonchev–Trinajstić information content (AvgIpc) is 2.84. The number of carbonyl (C=O) groups is 2. The number of nitrogens with one attached hydrogen (secondary N) is 2. The number of thioether (sulfide) groups is 1. The summed E-state index contributed by atoms with van der Waals surface area (Å²) in [6, 6.07) is 7.26. The summed E-state index contributed by atoms with van der Waals surface area (Å²) in [5.74, 6) is 0.00476. The van der Waals surface area contributed by atoms with Gasteiger partial charge in [0.1, 0.15) is 0 Å². The van der Waals surface area contributed by atoms with Crippen LogP contribution in [0.4, 0.5) is 11.4 Å². The van der Waals surface area contributed by atoms with E-state index in [1.165, 1.54) is 37.4 Å². The zero-order valence-electron chi connectivity index (χ0n) is 14.5. The van der Waals surface area contributed by atoms with E-state index in [-0.39, 0.29) is 17.1 Å². The fourth-order valence-corrected chi connectivity index (χ4v) is 2.96. The molecule has 2 N–H and O–H groups in total. The Balaban J connectivity index is 1.82. The molecule has 1 aliphatic rings. The third-order valence-corrected chi connectivity index (χ3v) is 5.15. The molecule has 0 spiro atoms. The smallest absolute Gasteiger partial charge is 0.238 e. The minimum Gasteiger partial charge on any atom is -0.325 e. The van der Waals surface area contributed by atoms with Crippen molar-refractivity contribution in [2.75, 3.05) is 36.5 Å². The summed E-state index contributed by atoms with van der Waals surface area (Å²) < 4.78 is 0. The number of amides is 2. The van der Waals surface area contributed by atoms with Gasteiger partial charge in [0, 0.05) is 11.4 Å². The van der Waals surface area contributed by atoms with Crippen molar-refractivity contribution in [2.45, 2.75) is 37.9 Å². The van der Waals surface area contributed by atoms with Crippen LogP contribution in [-0.2, 0) is 9.59 Å². The van der Waals surface area contributed by atoms with Crippen molar-refractivity contribution in [3.63, 3.8) is 0 Å². The van der Waals surface area contributed by atoms with Crippen LogP contribution in [0.3, 0.4) is 0 Å². The van der Waals surface area contributed by atoms with Gasteiger partial charge in [-0.3, -0.25) is 14.5 Å². The molecule has 1 heterocycles. The highest BCUT2D eigenvalue weighted by atomic mass is 32.2. The molecule has 0 radical (unpaired) electrons. The first-order valence-electron chi connectivity index (χ1n) is 8.54. The van der Waals surface area contributed by atoms with E-state index < -0.39 is 0 Å². The summed E-state index contributed by atoms with van der Waals surface area (Å²) in [7, 11) is 0. The Morgan fingerprint density at radius 1 is 1.04 bits per heavy atom. The molecule has 0 bridgehead atoms. The summed E-state index contributed by atoms with van der Waals surface area (Å²) >= 11 is 1.51. The van der Waals surface area contributed by atoms with Crippen molar-refractivity contribution in [1.29, 1.82) is 0 Å². The first kappa shape index (κ1) is 18.8. The molecule has 2 amide bonds. The van der Waals surface area contributed by atoms with Gasteiger partial charge in [0.2, 0.25) is 11.8 Å². The Morgan fingerprint density at radius 3 is 2.12 bits per heavy atom. The molecule has 0 saturated carbocycles. The summed E-state index contributed by atoms with van der Waals surface area (Å²) in [6.07, 6.45) is 6.79. The summed E-state index contributed by atoms with van der Waals surface area (Å²) in [5.41, 5.74) is 1.50. The molecule has 1 fully saturated rings. The lowest BCUT2D eigenvalue weighted by Crippen LogP contribution is -2.33. The lowest BCUT2D eigenvalue weighted by Gasteiger charge is -2.19. The molecule has 1 aromatic rings. The molecule has 1 atom stereocenters. The molecule has 0 unspecified atom stereocenters. The maximum atomic E-state index is 12.2. The first-order valence-corrected chi connectivity index (χ1v) is 9.83. The zero-order chi connectivity index (χ0) is 17.4. The maximum Gasteiger partial charge on any atom is 0.238 e. The Morgan fingerprint density at radius 2 is 1.58 bits per heavy atom. The maximum absolute atomic E-state index is 12.2. The van der Waals surface area contributed by atoms with E-state index in [9.17, 15) is 9.59 Å². The van der Waals surface area contributed by atoms with Gasteiger partial charge >= 0.3 is 0 Å². The summed E-state index contributed by atoms with van der Waals surface area (Å²) in [6.45, 7) is 4.33. The fourth-order valence-electron chi connectivity index (χ4n) is 2.69. The second kappa shape index (κ2) is 9.69.